The number of thiophene rings is 1. The number of hydrogen-bond acceptors (Lipinski definition) is 2. The van der Waals surface area contributed by atoms with Gasteiger partial charge in [-0.15, -0.1) is 11.3 Å². The maximum absolute atomic E-state index is 13.0. The van der Waals surface area contributed by atoms with E-state index in [-0.39, 0.29) is 11.6 Å². The first-order valence-corrected chi connectivity index (χ1v) is 8.40. The quantitative estimate of drug-likeness (QED) is 0.520. The summed E-state index contributed by atoms with van der Waals surface area (Å²) in [5.74, 6) is -0.204. The third-order valence-electron chi connectivity index (χ3n) is 3.91. The Hall–Kier alpha value is -2.20. The van der Waals surface area contributed by atoms with E-state index >= 15 is 0 Å². The van der Waals surface area contributed by atoms with E-state index in [1.807, 2.05) is 31.2 Å². The highest BCUT2D eigenvalue weighted by molar-refractivity contribution is 7.17. The maximum Gasteiger partial charge on any atom is 0.203 e. The summed E-state index contributed by atoms with van der Waals surface area (Å²) in [5.41, 5.74) is 3.84. The fourth-order valence-electron chi connectivity index (χ4n) is 2.50. The van der Waals surface area contributed by atoms with Crippen LogP contribution < -0.4 is 5.46 Å². The van der Waals surface area contributed by atoms with Gasteiger partial charge >= 0.3 is 0 Å². The third kappa shape index (κ3) is 3.27. The van der Waals surface area contributed by atoms with Gasteiger partial charge in [-0.3, -0.25) is 4.79 Å². The van der Waals surface area contributed by atoms with Gasteiger partial charge in [-0.05, 0) is 42.3 Å². The number of hydrogen-bond donors (Lipinski definition) is 0. The molecule has 0 unspecified atom stereocenters. The second kappa shape index (κ2) is 6.51. The molecular weight excluding hydrogens is 306 g/mol. The molecule has 3 rings (SSSR count). The van der Waals surface area contributed by atoms with Gasteiger partial charge in [-0.1, -0.05) is 42.6 Å². The van der Waals surface area contributed by atoms with E-state index in [0.717, 1.165) is 34.3 Å². The minimum atomic E-state index is -0.256. The van der Waals surface area contributed by atoms with Gasteiger partial charge < -0.3 is 0 Å². The summed E-state index contributed by atoms with van der Waals surface area (Å²) in [6.07, 6.45) is 0. The SMILES string of the molecule is CBc1ccc(C)c(C(=O)c2ccc(-c3ccc(F)cc3)s2)c1. The third-order valence-corrected chi connectivity index (χ3v) is 5.05. The number of benzene rings is 2. The predicted octanol–water partition coefficient (Wildman–Crippen LogP) is 4.20. The molecule has 114 valence electrons. The molecule has 0 saturated heterocycles. The van der Waals surface area contributed by atoms with Crippen molar-refractivity contribution in [2.45, 2.75) is 13.7 Å². The van der Waals surface area contributed by atoms with Crippen LogP contribution in [0.5, 0.6) is 0 Å². The average molecular weight is 322 g/mol. The van der Waals surface area contributed by atoms with Crippen LogP contribution in [-0.4, -0.2) is 13.1 Å². The van der Waals surface area contributed by atoms with Crippen LogP contribution in [0.15, 0.2) is 54.6 Å². The topological polar surface area (TPSA) is 17.1 Å². The van der Waals surface area contributed by atoms with Gasteiger partial charge in [0.25, 0.3) is 0 Å². The highest BCUT2D eigenvalue weighted by Crippen LogP contribution is 2.30. The summed E-state index contributed by atoms with van der Waals surface area (Å²) in [7, 11) is 0.909. The lowest BCUT2D eigenvalue weighted by Crippen LogP contribution is -2.14. The molecular formula is C19H16BFOS. The van der Waals surface area contributed by atoms with Crippen LogP contribution in [-0.2, 0) is 0 Å². The number of carbonyl (C=O) groups is 1. The van der Waals surface area contributed by atoms with Gasteiger partial charge in [-0.2, -0.15) is 0 Å². The fraction of sp³-hybridized carbons (Fsp3) is 0.105. The highest BCUT2D eigenvalue weighted by atomic mass is 32.1. The Bertz CT molecular complexity index is 852. The van der Waals surface area contributed by atoms with Crippen molar-refractivity contribution < 1.29 is 9.18 Å². The van der Waals surface area contributed by atoms with Crippen LogP contribution in [0.3, 0.4) is 0 Å². The second-order valence-corrected chi connectivity index (χ2v) is 6.59. The van der Waals surface area contributed by atoms with Gasteiger partial charge in [0.15, 0.2) is 7.28 Å². The first-order chi connectivity index (χ1) is 11.1. The number of halogens is 1. The first kappa shape index (κ1) is 15.7. The van der Waals surface area contributed by atoms with Gasteiger partial charge in [0.2, 0.25) is 5.78 Å². The van der Waals surface area contributed by atoms with Crippen LogP contribution in [0, 0.1) is 12.7 Å². The molecule has 0 saturated carbocycles. The van der Waals surface area contributed by atoms with Crippen molar-refractivity contribution in [3.8, 4) is 10.4 Å². The zero-order chi connectivity index (χ0) is 16.4. The Balaban J connectivity index is 1.94. The van der Waals surface area contributed by atoms with Gasteiger partial charge in [0.1, 0.15) is 5.82 Å². The minimum Gasteiger partial charge on any atom is -0.288 e. The fourth-order valence-corrected chi connectivity index (χ4v) is 3.46. The van der Waals surface area contributed by atoms with Crippen molar-refractivity contribution >= 4 is 29.9 Å². The minimum absolute atomic E-state index is 0.0520. The van der Waals surface area contributed by atoms with Gasteiger partial charge in [-0.25, -0.2) is 4.39 Å². The molecule has 1 aromatic heterocycles. The molecule has 4 heteroatoms. The van der Waals surface area contributed by atoms with Gasteiger partial charge in [0, 0.05) is 10.4 Å². The lowest BCUT2D eigenvalue weighted by molar-refractivity contribution is 0.104. The second-order valence-electron chi connectivity index (χ2n) is 5.50. The summed E-state index contributed by atoms with van der Waals surface area (Å²) in [6, 6.07) is 16.2. The summed E-state index contributed by atoms with van der Waals surface area (Å²) in [5, 5.41) is 0. The van der Waals surface area contributed by atoms with E-state index in [0.29, 0.717) is 4.88 Å². The zero-order valence-electron chi connectivity index (χ0n) is 13.1. The molecule has 0 bridgehead atoms. The molecule has 1 heterocycles. The van der Waals surface area contributed by atoms with Crippen molar-refractivity contribution in [3.05, 3.63) is 76.4 Å². The van der Waals surface area contributed by atoms with Crippen molar-refractivity contribution in [2.75, 3.05) is 0 Å². The monoisotopic (exact) mass is 322 g/mol. The molecule has 1 nitrogen and oxygen atoms in total. The van der Waals surface area contributed by atoms with Crippen LogP contribution in [0.25, 0.3) is 10.4 Å². The molecule has 2 aromatic carbocycles. The normalized spacial score (nSPS) is 10.6. The van der Waals surface area contributed by atoms with Crippen LogP contribution in [0.1, 0.15) is 20.8 Å². The Kier molecular flexibility index (Phi) is 4.44. The Morgan fingerprint density at radius 3 is 2.48 bits per heavy atom. The van der Waals surface area contributed by atoms with Crippen molar-refractivity contribution in [1.82, 2.24) is 0 Å². The largest absolute Gasteiger partial charge is 0.288 e. The Morgan fingerprint density at radius 1 is 1.04 bits per heavy atom. The van der Waals surface area contributed by atoms with Gasteiger partial charge in [0.05, 0.1) is 4.88 Å². The lowest BCUT2D eigenvalue weighted by Gasteiger charge is -2.05. The summed E-state index contributed by atoms with van der Waals surface area (Å²) < 4.78 is 13.0. The smallest absolute Gasteiger partial charge is 0.203 e. The molecule has 3 aromatic rings. The molecule has 0 atom stereocenters. The van der Waals surface area contributed by atoms with Crippen molar-refractivity contribution in [1.29, 1.82) is 0 Å². The standard InChI is InChI=1S/C19H16BFOS/c1-12-3-6-14(20-2)11-16(12)19(22)18-10-9-17(23-18)13-4-7-15(21)8-5-13/h3-11,20H,1-2H3. The summed E-state index contributed by atoms with van der Waals surface area (Å²) in [4.78, 5) is 14.5. The van der Waals surface area contributed by atoms with E-state index in [1.54, 1.807) is 12.1 Å². The highest BCUT2D eigenvalue weighted by Gasteiger charge is 2.15. The number of carbonyl (C=O) groups excluding carboxylic acids is 1. The maximum atomic E-state index is 13.0. The predicted molar refractivity (Wildman–Crippen MR) is 97.0 cm³/mol. The zero-order valence-corrected chi connectivity index (χ0v) is 13.9. The molecule has 0 amide bonds. The molecule has 0 spiro atoms. The first-order valence-electron chi connectivity index (χ1n) is 7.58. The molecule has 0 aliphatic rings. The van der Waals surface area contributed by atoms with E-state index < -0.39 is 0 Å². The van der Waals surface area contributed by atoms with Crippen LogP contribution in [0.2, 0.25) is 6.82 Å². The van der Waals surface area contributed by atoms with Crippen LogP contribution >= 0.6 is 11.3 Å². The summed E-state index contributed by atoms with van der Waals surface area (Å²) >= 11 is 1.44. The number of ketones is 1. The van der Waals surface area contributed by atoms with Crippen LogP contribution in [0.4, 0.5) is 4.39 Å². The summed E-state index contributed by atoms with van der Waals surface area (Å²) in [6.45, 7) is 4.04. The Morgan fingerprint density at radius 2 is 1.78 bits per heavy atom. The molecule has 0 aliphatic heterocycles. The van der Waals surface area contributed by atoms with E-state index in [9.17, 15) is 9.18 Å². The molecule has 0 N–H and O–H groups in total. The van der Waals surface area contributed by atoms with Crippen molar-refractivity contribution in [3.63, 3.8) is 0 Å². The van der Waals surface area contributed by atoms with E-state index in [4.69, 9.17) is 0 Å². The molecule has 23 heavy (non-hydrogen) atoms. The molecule has 0 radical (unpaired) electrons. The van der Waals surface area contributed by atoms with E-state index in [2.05, 4.69) is 12.9 Å². The lowest BCUT2D eigenvalue weighted by atomic mass is 9.72. The Labute approximate surface area is 140 Å². The number of aryl methyl sites for hydroxylation is 1. The van der Waals surface area contributed by atoms with Crippen molar-refractivity contribution in [2.24, 2.45) is 0 Å². The molecule has 0 fully saturated rings. The number of rotatable bonds is 4. The average Bonchev–Trinajstić information content (AvgIpc) is 3.05. The van der Waals surface area contributed by atoms with E-state index in [1.165, 1.54) is 23.5 Å². The molecule has 0 aliphatic carbocycles.